The molecule has 5 rings (SSSR count). The van der Waals surface area contributed by atoms with Crippen LogP contribution in [0.25, 0.3) is 15.9 Å². The van der Waals surface area contributed by atoms with Crippen LogP contribution in [0.1, 0.15) is 42.6 Å². The highest BCUT2D eigenvalue weighted by Crippen LogP contribution is 2.38. The van der Waals surface area contributed by atoms with Crippen molar-refractivity contribution in [2.24, 2.45) is 5.92 Å². The van der Waals surface area contributed by atoms with E-state index in [1.165, 1.54) is 28.4 Å². The van der Waals surface area contributed by atoms with E-state index < -0.39 is 11.0 Å². The Morgan fingerprint density at radius 1 is 1.41 bits per heavy atom. The molecule has 0 amide bonds. The van der Waals surface area contributed by atoms with Gasteiger partial charge in [0.05, 0.1) is 17.4 Å². The molecule has 1 aliphatic carbocycles. The highest BCUT2D eigenvalue weighted by molar-refractivity contribution is 7.19. The first-order valence-corrected chi connectivity index (χ1v) is 10.2. The number of hydrogen-bond acceptors (Lipinski definition) is 8. The van der Waals surface area contributed by atoms with Crippen molar-refractivity contribution >= 4 is 32.9 Å². The van der Waals surface area contributed by atoms with E-state index in [0.29, 0.717) is 11.7 Å². The maximum absolute atomic E-state index is 11.2. The molecule has 4 aromatic rings. The van der Waals surface area contributed by atoms with Gasteiger partial charge in [0.1, 0.15) is 23.4 Å². The fraction of sp³-hybridized carbons (Fsp3) is 0.444. The summed E-state index contributed by atoms with van der Waals surface area (Å²) in [5, 5.41) is 21.0. The zero-order valence-corrected chi connectivity index (χ0v) is 17.0. The molecule has 4 aromatic heterocycles. The van der Waals surface area contributed by atoms with Gasteiger partial charge in [-0.1, -0.05) is 6.92 Å². The minimum Gasteiger partial charge on any atom is -0.475 e. The van der Waals surface area contributed by atoms with E-state index in [0.717, 1.165) is 35.1 Å². The highest BCUT2D eigenvalue weighted by atomic mass is 32.1. The smallest absolute Gasteiger partial charge is 0.350 e. The van der Waals surface area contributed by atoms with Crippen molar-refractivity contribution in [1.82, 2.24) is 29.4 Å². The Hall–Kier alpha value is -3.08. The number of aryl methyl sites for hydroxylation is 1. The Morgan fingerprint density at radius 2 is 2.24 bits per heavy atom. The van der Waals surface area contributed by atoms with Gasteiger partial charge >= 0.3 is 11.6 Å². The van der Waals surface area contributed by atoms with Crippen LogP contribution in [0.4, 0.5) is 5.69 Å². The van der Waals surface area contributed by atoms with E-state index in [1.807, 2.05) is 6.92 Å². The Morgan fingerprint density at radius 3 is 2.97 bits per heavy atom. The van der Waals surface area contributed by atoms with E-state index in [-0.39, 0.29) is 11.6 Å². The van der Waals surface area contributed by atoms with Crippen LogP contribution < -0.4 is 4.74 Å². The molecular weight excluding hydrogens is 394 g/mol. The number of nitro groups is 1. The third-order valence-electron chi connectivity index (χ3n) is 5.49. The zero-order valence-electron chi connectivity index (χ0n) is 16.2. The Bertz CT molecular complexity index is 1260. The summed E-state index contributed by atoms with van der Waals surface area (Å²) in [6.45, 7) is 4.13. The maximum atomic E-state index is 11.2. The van der Waals surface area contributed by atoms with Crippen LogP contribution >= 0.6 is 11.3 Å². The molecule has 11 heteroatoms. The molecule has 0 saturated carbocycles. The summed E-state index contributed by atoms with van der Waals surface area (Å²) in [5.41, 5.74) is 1.93. The second kappa shape index (κ2) is 6.48. The molecule has 0 N–H and O–H groups in total. The number of fused-ring (bicyclic) bond motifs is 5. The number of ether oxygens (including phenoxy) is 1. The monoisotopic (exact) mass is 413 g/mol. The van der Waals surface area contributed by atoms with E-state index >= 15 is 0 Å². The van der Waals surface area contributed by atoms with Gasteiger partial charge in [-0.05, 0) is 37.7 Å². The first-order valence-electron chi connectivity index (χ1n) is 9.39. The number of hydrogen-bond donors (Lipinski definition) is 0. The fourth-order valence-electron chi connectivity index (χ4n) is 3.89. The molecule has 0 aromatic carbocycles. The second-order valence-electron chi connectivity index (χ2n) is 7.45. The van der Waals surface area contributed by atoms with Crippen LogP contribution in [-0.4, -0.2) is 41.4 Å². The van der Waals surface area contributed by atoms with Crippen molar-refractivity contribution in [3.05, 3.63) is 38.9 Å². The largest absolute Gasteiger partial charge is 0.475 e. The molecule has 150 valence electrons. The molecule has 4 heterocycles. The van der Waals surface area contributed by atoms with Gasteiger partial charge < -0.3 is 4.74 Å². The van der Waals surface area contributed by atoms with Crippen molar-refractivity contribution in [3.8, 4) is 5.88 Å². The molecule has 1 aliphatic rings. The molecule has 0 fully saturated rings. The highest BCUT2D eigenvalue weighted by Gasteiger charge is 2.27. The van der Waals surface area contributed by atoms with Crippen molar-refractivity contribution in [1.29, 1.82) is 0 Å². The number of rotatable bonds is 4. The summed E-state index contributed by atoms with van der Waals surface area (Å²) >= 11 is 1.74. The van der Waals surface area contributed by atoms with Crippen LogP contribution in [0.15, 0.2) is 12.5 Å². The lowest BCUT2D eigenvalue weighted by Gasteiger charge is -2.17. The normalized spacial score (nSPS) is 17.6. The van der Waals surface area contributed by atoms with Crippen LogP contribution in [0.2, 0.25) is 0 Å². The number of thiophene rings is 1. The first-order chi connectivity index (χ1) is 14.0. The molecule has 10 nitrogen and oxygen atoms in total. The predicted molar refractivity (Wildman–Crippen MR) is 107 cm³/mol. The van der Waals surface area contributed by atoms with Crippen LogP contribution in [0, 0.1) is 16.0 Å². The second-order valence-corrected chi connectivity index (χ2v) is 8.53. The lowest BCUT2D eigenvalue weighted by Crippen LogP contribution is -2.09. The quantitative estimate of drug-likeness (QED) is 0.373. The van der Waals surface area contributed by atoms with E-state index in [1.54, 1.807) is 22.2 Å². The van der Waals surface area contributed by atoms with Crippen LogP contribution in [-0.2, 0) is 12.8 Å². The first kappa shape index (κ1) is 18.0. The zero-order chi connectivity index (χ0) is 20.3. The van der Waals surface area contributed by atoms with E-state index in [4.69, 9.17) is 9.72 Å². The van der Waals surface area contributed by atoms with Gasteiger partial charge in [0.2, 0.25) is 0 Å². The van der Waals surface area contributed by atoms with Crippen LogP contribution in [0.5, 0.6) is 5.88 Å². The van der Waals surface area contributed by atoms with Crippen molar-refractivity contribution in [2.75, 3.05) is 7.11 Å². The molecule has 0 spiro atoms. The lowest BCUT2D eigenvalue weighted by molar-refractivity contribution is -0.385. The lowest BCUT2D eigenvalue weighted by atomic mass is 9.89. The van der Waals surface area contributed by atoms with Gasteiger partial charge in [0.15, 0.2) is 11.5 Å². The Balaban J connectivity index is 1.61. The van der Waals surface area contributed by atoms with Gasteiger partial charge in [-0.2, -0.15) is 0 Å². The standard InChI is InChI=1S/C18H19N7O3S/c1-9-4-5-11-13(6-9)29-18-14(11)16-20-15(21-24(16)8-19-18)10(2)23-7-12(25(26)27)17(22-23)28-3/h7-10H,4-6H2,1-3H3. The van der Waals surface area contributed by atoms with Gasteiger partial charge in [-0.3, -0.25) is 14.8 Å². The third kappa shape index (κ3) is 2.76. The molecule has 2 unspecified atom stereocenters. The summed E-state index contributed by atoms with van der Waals surface area (Å²) in [6, 6.07) is -0.401. The van der Waals surface area contributed by atoms with E-state index in [2.05, 4.69) is 22.1 Å². The molecule has 29 heavy (non-hydrogen) atoms. The summed E-state index contributed by atoms with van der Waals surface area (Å²) in [6.07, 6.45) is 6.29. The Labute approximate surface area is 169 Å². The predicted octanol–water partition coefficient (Wildman–Crippen LogP) is 3.19. The van der Waals surface area contributed by atoms with Gasteiger partial charge in [0.25, 0.3) is 0 Å². The summed E-state index contributed by atoms with van der Waals surface area (Å²) < 4.78 is 8.17. The topological polar surface area (TPSA) is 113 Å². The molecule has 0 bridgehead atoms. The maximum Gasteiger partial charge on any atom is 0.350 e. The molecule has 0 saturated heterocycles. The minimum absolute atomic E-state index is 0.0318. The van der Waals surface area contributed by atoms with Gasteiger partial charge in [0, 0.05) is 4.88 Å². The van der Waals surface area contributed by atoms with Gasteiger partial charge in [-0.15, -0.1) is 21.5 Å². The van der Waals surface area contributed by atoms with Crippen molar-refractivity contribution in [3.63, 3.8) is 0 Å². The van der Waals surface area contributed by atoms with Crippen molar-refractivity contribution < 1.29 is 9.66 Å². The third-order valence-corrected chi connectivity index (χ3v) is 6.65. The molecule has 0 radical (unpaired) electrons. The average Bonchev–Trinajstić information content (AvgIpc) is 3.40. The van der Waals surface area contributed by atoms with E-state index in [9.17, 15) is 10.1 Å². The van der Waals surface area contributed by atoms with Crippen molar-refractivity contribution in [2.45, 2.75) is 39.2 Å². The Kier molecular flexibility index (Phi) is 4.02. The molecule has 0 aliphatic heterocycles. The summed E-state index contributed by atoms with van der Waals surface area (Å²) in [7, 11) is 1.36. The average molecular weight is 413 g/mol. The minimum atomic E-state index is -0.516. The molecular formula is C18H19N7O3S. The SMILES string of the molecule is COc1nn(C(C)c2nc3c4c5c(sc4ncn3n2)CC(C)CC5)cc1[N+](=O)[O-]. The fourth-order valence-corrected chi connectivity index (χ4v) is 5.23. The number of nitrogens with zero attached hydrogens (tertiary/aromatic N) is 7. The number of aromatic nitrogens is 6. The van der Waals surface area contributed by atoms with Crippen LogP contribution in [0.3, 0.4) is 0 Å². The summed E-state index contributed by atoms with van der Waals surface area (Å²) in [5.74, 6) is 1.17. The van der Waals surface area contributed by atoms with Gasteiger partial charge in [-0.25, -0.2) is 14.5 Å². The molecule has 2 atom stereocenters. The number of methoxy groups -OCH3 is 1. The summed E-state index contributed by atoms with van der Waals surface area (Å²) in [4.78, 5) is 22.4.